The Morgan fingerprint density at radius 3 is 2.79 bits per heavy atom. The van der Waals surface area contributed by atoms with Crippen molar-refractivity contribution in [2.24, 2.45) is 0 Å². The molecule has 14 heavy (non-hydrogen) atoms. The molecule has 0 bridgehead atoms. The highest BCUT2D eigenvalue weighted by Crippen LogP contribution is 2.34. The maximum absolute atomic E-state index is 5.65. The fraction of sp³-hybridized carbons (Fsp3) is 0.800. The molecule has 78 valence electrons. The largest absolute Gasteiger partial charge is 0.424 e. The van der Waals surface area contributed by atoms with Gasteiger partial charge in [0.05, 0.1) is 4.83 Å². The van der Waals surface area contributed by atoms with Crippen LogP contribution in [0.2, 0.25) is 0 Å². The van der Waals surface area contributed by atoms with Gasteiger partial charge in [0.2, 0.25) is 11.8 Å². The Balaban J connectivity index is 2.08. The molecule has 1 aromatic rings. The summed E-state index contributed by atoms with van der Waals surface area (Å²) in [4.78, 5) is 0.213. The first-order valence-corrected chi connectivity index (χ1v) is 6.20. The highest BCUT2D eigenvalue weighted by Gasteiger charge is 2.23. The zero-order chi connectivity index (χ0) is 9.97. The number of alkyl halides is 1. The molecule has 0 N–H and O–H groups in total. The average molecular weight is 259 g/mol. The molecule has 0 aromatic carbocycles. The summed E-state index contributed by atoms with van der Waals surface area (Å²) in [5.41, 5.74) is 0. The molecule has 1 aliphatic carbocycles. The molecule has 0 aliphatic heterocycles. The van der Waals surface area contributed by atoms with E-state index in [9.17, 15) is 0 Å². The summed E-state index contributed by atoms with van der Waals surface area (Å²) >= 11 is 3.51. The molecule has 2 rings (SSSR count). The first kappa shape index (κ1) is 10.1. The third-order valence-electron chi connectivity index (χ3n) is 2.79. The second kappa shape index (κ2) is 4.43. The quantitative estimate of drug-likeness (QED) is 0.779. The van der Waals surface area contributed by atoms with Crippen LogP contribution in [-0.2, 0) is 0 Å². The summed E-state index contributed by atoms with van der Waals surface area (Å²) in [5, 5.41) is 8.19. The van der Waals surface area contributed by atoms with Crippen molar-refractivity contribution >= 4 is 15.9 Å². The van der Waals surface area contributed by atoms with Crippen LogP contribution in [-0.4, -0.2) is 10.2 Å². The van der Waals surface area contributed by atoms with E-state index in [1.165, 1.54) is 25.7 Å². The Hall–Kier alpha value is -0.380. The van der Waals surface area contributed by atoms with Gasteiger partial charge in [0.25, 0.3) is 0 Å². The Morgan fingerprint density at radius 2 is 2.14 bits per heavy atom. The van der Waals surface area contributed by atoms with Gasteiger partial charge in [-0.15, -0.1) is 10.2 Å². The fourth-order valence-electron chi connectivity index (χ4n) is 1.89. The topological polar surface area (TPSA) is 38.9 Å². The van der Waals surface area contributed by atoms with Crippen molar-refractivity contribution in [2.75, 3.05) is 0 Å². The molecule has 1 fully saturated rings. The minimum atomic E-state index is 0.213. The zero-order valence-electron chi connectivity index (χ0n) is 8.37. The van der Waals surface area contributed by atoms with Crippen LogP contribution in [0.3, 0.4) is 0 Å². The van der Waals surface area contributed by atoms with Gasteiger partial charge < -0.3 is 4.42 Å². The van der Waals surface area contributed by atoms with E-state index < -0.39 is 0 Å². The molecule has 0 amide bonds. The van der Waals surface area contributed by atoms with Crippen molar-refractivity contribution in [3.8, 4) is 0 Å². The van der Waals surface area contributed by atoms with Crippen LogP contribution in [0.25, 0.3) is 0 Å². The maximum Gasteiger partial charge on any atom is 0.230 e. The smallest absolute Gasteiger partial charge is 0.230 e. The van der Waals surface area contributed by atoms with Crippen LogP contribution < -0.4 is 0 Å². The van der Waals surface area contributed by atoms with Gasteiger partial charge in [-0.1, -0.05) is 35.7 Å². The van der Waals surface area contributed by atoms with Crippen LogP contribution in [0, 0.1) is 0 Å². The lowest BCUT2D eigenvalue weighted by Crippen LogP contribution is -1.91. The lowest BCUT2D eigenvalue weighted by Gasteiger charge is -2.01. The summed E-state index contributed by atoms with van der Waals surface area (Å²) in [7, 11) is 0. The van der Waals surface area contributed by atoms with Gasteiger partial charge >= 0.3 is 0 Å². The monoisotopic (exact) mass is 258 g/mol. The van der Waals surface area contributed by atoms with Crippen molar-refractivity contribution < 1.29 is 4.42 Å². The van der Waals surface area contributed by atoms with E-state index in [1.54, 1.807) is 0 Å². The SMILES string of the molecule is CCC(Br)c1nnc(C2CCCC2)o1. The number of aromatic nitrogens is 2. The molecule has 1 aromatic heterocycles. The van der Waals surface area contributed by atoms with Crippen molar-refractivity contribution in [3.05, 3.63) is 11.8 Å². The highest BCUT2D eigenvalue weighted by molar-refractivity contribution is 9.09. The predicted molar refractivity (Wildman–Crippen MR) is 57.5 cm³/mol. The third-order valence-corrected chi connectivity index (χ3v) is 3.83. The zero-order valence-corrected chi connectivity index (χ0v) is 9.96. The van der Waals surface area contributed by atoms with E-state index in [0.717, 1.165) is 18.2 Å². The second-order valence-corrected chi connectivity index (χ2v) is 4.94. The van der Waals surface area contributed by atoms with Crippen molar-refractivity contribution in [2.45, 2.75) is 49.8 Å². The lowest BCUT2D eigenvalue weighted by molar-refractivity contribution is 0.414. The lowest BCUT2D eigenvalue weighted by atomic mass is 10.1. The van der Waals surface area contributed by atoms with Gasteiger partial charge in [-0.3, -0.25) is 0 Å². The molecule has 1 saturated carbocycles. The van der Waals surface area contributed by atoms with Gasteiger partial charge in [-0.25, -0.2) is 0 Å². The van der Waals surface area contributed by atoms with Crippen LogP contribution in [0.1, 0.15) is 61.6 Å². The van der Waals surface area contributed by atoms with Crippen molar-refractivity contribution in [1.82, 2.24) is 10.2 Å². The Bertz CT molecular complexity index is 294. The molecular weight excluding hydrogens is 244 g/mol. The number of halogens is 1. The third kappa shape index (κ3) is 2.00. The van der Waals surface area contributed by atoms with E-state index in [0.29, 0.717) is 5.92 Å². The Morgan fingerprint density at radius 1 is 1.43 bits per heavy atom. The Kier molecular flexibility index (Phi) is 3.21. The van der Waals surface area contributed by atoms with E-state index in [1.807, 2.05) is 0 Å². The number of nitrogens with zero attached hydrogens (tertiary/aromatic N) is 2. The normalized spacial score (nSPS) is 20.1. The molecule has 0 spiro atoms. The fourth-order valence-corrected chi connectivity index (χ4v) is 2.07. The summed E-state index contributed by atoms with van der Waals surface area (Å²) in [5.74, 6) is 2.10. The molecule has 3 nitrogen and oxygen atoms in total. The number of rotatable bonds is 3. The second-order valence-electron chi connectivity index (χ2n) is 3.84. The van der Waals surface area contributed by atoms with Crippen LogP contribution in [0.4, 0.5) is 0 Å². The molecule has 1 heterocycles. The van der Waals surface area contributed by atoms with Crippen LogP contribution in [0.15, 0.2) is 4.42 Å². The van der Waals surface area contributed by atoms with Crippen molar-refractivity contribution in [3.63, 3.8) is 0 Å². The van der Waals surface area contributed by atoms with Crippen molar-refractivity contribution in [1.29, 1.82) is 0 Å². The predicted octanol–water partition coefficient (Wildman–Crippen LogP) is 3.57. The van der Waals surface area contributed by atoms with Crippen LogP contribution >= 0.6 is 15.9 Å². The summed E-state index contributed by atoms with van der Waals surface area (Å²) in [6.07, 6.45) is 6.00. The highest BCUT2D eigenvalue weighted by atomic mass is 79.9. The molecule has 1 aliphatic rings. The van der Waals surface area contributed by atoms with Gasteiger partial charge in [0.15, 0.2) is 0 Å². The molecule has 1 unspecified atom stereocenters. The Labute approximate surface area is 92.4 Å². The molecule has 4 heteroatoms. The van der Waals surface area contributed by atoms with Crippen LogP contribution in [0.5, 0.6) is 0 Å². The molecular formula is C10H15BrN2O. The number of hydrogen-bond acceptors (Lipinski definition) is 3. The molecule has 0 radical (unpaired) electrons. The minimum Gasteiger partial charge on any atom is -0.424 e. The van der Waals surface area contributed by atoms with E-state index in [-0.39, 0.29) is 4.83 Å². The molecule has 1 atom stereocenters. The van der Waals surface area contributed by atoms with E-state index in [2.05, 4.69) is 33.1 Å². The van der Waals surface area contributed by atoms with E-state index >= 15 is 0 Å². The minimum absolute atomic E-state index is 0.213. The maximum atomic E-state index is 5.65. The first-order valence-electron chi connectivity index (χ1n) is 5.28. The van der Waals surface area contributed by atoms with Gasteiger partial charge in [0, 0.05) is 5.92 Å². The standard InChI is InChI=1S/C10H15BrN2O/c1-2-8(11)10-13-12-9(14-10)7-5-3-4-6-7/h7-8H,2-6H2,1H3. The summed E-state index contributed by atoms with van der Waals surface area (Å²) in [6.45, 7) is 2.10. The van der Waals surface area contributed by atoms with E-state index in [4.69, 9.17) is 4.42 Å². The van der Waals surface area contributed by atoms with Gasteiger partial charge in [0.1, 0.15) is 0 Å². The first-order chi connectivity index (χ1) is 6.81. The average Bonchev–Trinajstić information content (AvgIpc) is 2.86. The summed E-state index contributed by atoms with van der Waals surface area (Å²) < 4.78 is 5.65. The summed E-state index contributed by atoms with van der Waals surface area (Å²) in [6, 6.07) is 0. The number of hydrogen-bond donors (Lipinski definition) is 0. The van der Waals surface area contributed by atoms with Gasteiger partial charge in [-0.2, -0.15) is 0 Å². The van der Waals surface area contributed by atoms with Gasteiger partial charge in [-0.05, 0) is 19.3 Å². The molecule has 0 saturated heterocycles.